The fraction of sp³-hybridized carbons (Fsp3) is 0.600. The first kappa shape index (κ1) is 10.2. The molecule has 5 nitrogen and oxygen atoms in total. The standard InChI is InChI=1S/C10H16N4O/c1-6(2)14-4-3-12-9(10(14)15)13-8-5-7(8)11/h3-4,6-8H,5,11H2,1-2H3,(H,12,13). The first-order chi connectivity index (χ1) is 7.09. The second-order valence-electron chi connectivity index (χ2n) is 4.23. The second kappa shape index (κ2) is 3.66. The summed E-state index contributed by atoms with van der Waals surface area (Å²) in [5.74, 6) is 0.407. The van der Waals surface area contributed by atoms with Crippen molar-refractivity contribution in [2.75, 3.05) is 5.32 Å². The molecule has 5 heteroatoms. The van der Waals surface area contributed by atoms with Gasteiger partial charge in [-0.2, -0.15) is 0 Å². The summed E-state index contributed by atoms with van der Waals surface area (Å²) >= 11 is 0. The van der Waals surface area contributed by atoms with Crippen LogP contribution >= 0.6 is 0 Å². The molecule has 0 radical (unpaired) electrons. The van der Waals surface area contributed by atoms with Crippen molar-refractivity contribution in [2.45, 2.75) is 38.4 Å². The molecule has 0 aliphatic heterocycles. The fourth-order valence-electron chi connectivity index (χ4n) is 1.49. The predicted molar refractivity (Wildman–Crippen MR) is 58.9 cm³/mol. The Morgan fingerprint density at radius 1 is 1.67 bits per heavy atom. The lowest BCUT2D eigenvalue weighted by Crippen LogP contribution is -2.27. The molecule has 3 N–H and O–H groups in total. The number of anilines is 1. The highest BCUT2D eigenvalue weighted by molar-refractivity contribution is 5.35. The highest BCUT2D eigenvalue weighted by Gasteiger charge is 2.34. The van der Waals surface area contributed by atoms with Gasteiger partial charge in [0, 0.05) is 30.5 Å². The number of nitrogens with one attached hydrogen (secondary N) is 1. The van der Waals surface area contributed by atoms with E-state index in [-0.39, 0.29) is 23.7 Å². The molecule has 1 fully saturated rings. The summed E-state index contributed by atoms with van der Waals surface area (Å²) in [6.07, 6.45) is 4.25. The van der Waals surface area contributed by atoms with Crippen LogP contribution in [0.3, 0.4) is 0 Å². The third-order valence-electron chi connectivity index (χ3n) is 2.59. The molecule has 0 bridgehead atoms. The van der Waals surface area contributed by atoms with Crippen LogP contribution in [0.5, 0.6) is 0 Å². The Balaban J connectivity index is 2.24. The maximum atomic E-state index is 11.9. The minimum atomic E-state index is -0.0772. The quantitative estimate of drug-likeness (QED) is 0.751. The molecule has 1 aliphatic rings. The van der Waals surface area contributed by atoms with Gasteiger partial charge in [-0.25, -0.2) is 4.98 Å². The van der Waals surface area contributed by atoms with E-state index in [1.54, 1.807) is 17.0 Å². The molecule has 82 valence electrons. The summed E-state index contributed by atoms with van der Waals surface area (Å²) < 4.78 is 1.66. The van der Waals surface area contributed by atoms with Crippen molar-refractivity contribution in [2.24, 2.45) is 5.73 Å². The largest absolute Gasteiger partial charge is 0.361 e. The van der Waals surface area contributed by atoms with Crippen LogP contribution in [0.25, 0.3) is 0 Å². The number of rotatable bonds is 3. The SMILES string of the molecule is CC(C)n1ccnc(NC2CC2N)c1=O. The van der Waals surface area contributed by atoms with Crippen LogP contribution in [0.2, 0.25) is 0 Å². The van der Waals surface area contributed by atoms with Crippen LogP contribution < -0.4 is 16.6 Å². The third kappa shape index (κ3) is 2.02. The number of nitrogens with zero attached hydrogens (tertiary/aromatic N) is 2. The molecule has 0 amide bonds. The number of nitrogens with two attached hydrogens (primary N) is 1. The van der Waals surface area contributed by atoms with Gasteiger partial charge in [-0.05, 0) is 20.3 Å². The van der Waals surface area contributed by atoms with E-state index in [0.29, 0.717) is 5.82 Å². The van der Waals surface area contributed by atoms with Crippen molar-refractivity contribution in [1.82, 2.24) is 9.55 Å². The molecule has 2 rings (SSSR count). The molecule has 0 saturated heterocycles. The summed E-state index contributed by atoms with van der Waals surface area (Å²) in [5.41, 5.74) is 5.59. The van der Waals surface area contributed by atoms with Gasteiger partial charge in [0.1, 0.15) is 0 Å². The van der Waals surface area contributed by atoms with Gasteiger partial charge in [-0.3, -0.25) is 4.79 Å². The molecule has 2 atom stereocenters. The summed E-state index contributed by atoms with van der Waals surface area (Å²) in [6, 6.07) is 0.529. The lowest BCUT2D eigenvalue weighted by atomic mass is 10.4. The Hall–Kier alpha value is -1.36. The number of hydrogen-bond acceptors (Lipinski definition) is 4. The third-order valence-corrected chi connectivity index (χ3v) is 2.59. The van der Waals surface area contributed by atoms with E-state index in [4.69, 9.17) is 5.73 Å². The van der Waals surface area contributed by atoms with Crippen molar-refractivity contribution in [1.29, 1.82) is 0 Å². The molecule has 15 heavy (non-hydrogen) atoms. The predicted octanol–water partition coefficient (Wildman–Crippen LogP) is 0.336. The Kier molecular flexibility index (Phi) is 2.48. The topological polar surface area (TPSA) is 72.9 Å². The molecule has 0 spiro atoms. The zero-order chi connectivity index (χ0) is 11.0. The lowest BCUT2D eigenvalue weighted by Gasteiger charge is -2.11. The van der Waals surface area contributed by atoms with Gasteiger partial charge >= 0.3 is 0 Å². The highest BCUT2D eigenvalue weighted by atomic mass is 16.1. The average Bonchev–Trinajstić information content (AvgIpc) is 2.85. The fourth-order valence-corrected chi connectivity index (χ4v) is 1.49. The van der Waals surface area contributed by atoms with E-state index in [0.717, 1.165) is 6.42 Å². The summed E-state index contributed by atoms with van der Waals surface area (Å²) in [4.78, 5) is 15.9. The number of aromatic nitrogens is 2. The smallest absolute Gasteiger partial charge is 0.293 e. The van der Waals surface area contributed by atoms with Crippen LogP contribution in [0.15, 0.2) is 17.2 Å². The molecule has 1 heterocycles. The van der Waals surface area contributed by atoms with E-state index >= 15 is 0 Å². The van der Waals surface area contributed by atoms with Gasteiger partial charge in [0.05, 0.1) is 0 Å². The van der Waals surface area contributed by atoms with Gasteiger partial charge in [0.25, 0.3) is 5.56 Å². The van der Waals surface area contributed by atoms with E-state index in [9.17, 15) is 4.79 Å². The monoisotopic (exact) mass is 208 g/mol. The summed E-state index contributed by atoms with van der Waals surface area (Å²) in [6.45, 7) is 3.93. The molecule has 1 aromatic rings. The van der Waals surface area contributed by atoms with Crippen molar-refractivity contribution in [3.63, 3.8) is 0 Å². The van der Waals surface area contributed by atoms with Crippen molar-refractivity contribution in [3.05, 3.63) is 22.7 Å². The van der Waals surface area contributed by atoms with Crippen molar-refractivity contribution in [3.8, 4) is 0 Å². The first-order valence-corrected chi connectivity index (χ1v) is 5.19. The van der Waals surface area contributed by atoms with Crippen molar-refractivity contribution < 1.29 is 0 Å². The molecule has 0 aromatic carbocycles. The Morgan fingerprint density at radius 2 is 2.33 bits per heavy atom. The maximum absolute atomic E-state index is 11.9. The first-order valence-electron chi connectivity index (χ1n) is 5.19. The maximum Gasteiger partial charge on any atom is 0.293 e. The zero-order valence-corrected chi connectivity index (χ0v) is 8.97. The van der Waals surface area contributed by atoms with Crippen LogP contribution in [-0.4, -0.2) is 21.6 Å². The minimum absolute atomic E-state index is 0.0772. The Labute approximate surface area is 88.3 Å². The van der Waals surface area contributed by atoms with Crippen LogP contribution in [0.4, 0.5) is 5.82 Å². The van der Waals surface area contributed by atoms with Crippen LogP contribution in [0, 0.1) is 0 Å². The van der Waals surface area contributed by atoms with Gasteiger partial charge in [0.15, 0.2) is 5.82 Å². The van der Waals surface area contributed by atoms with Crippen LogP contribution in [-0.2, 0) is 0 Å². The number of hydrogen-bond donors (Lipinski definition) is 2. The van der Waals surface area contributed by atoms with Gasteiger partial charge in [0.2, 0.25) is 0 Å². The normalized spacial score (nSPS) is 24.3. The molecule has 2 unspecified atom stereocenters. The molecule has 1 aliphatic carbocycles. The minimum Gasteiger partial charge on any atom is -0.361 e. The van der Waals surface area contributed by atoms with E-state index in [1.165, 1.54) is 0 Å². The molecule has 1 saturated carbocycles. The molecular formula is C10H16N4O. The van der Waals surface area contributed by atoms with E-state index in [1.807, 2.05) is 13.8 Å². The lowest BCUT2D eigenvalue weighted by molar-refractivity contribution is 0.575. The summed E-state index contributed by atoms with van der Waals surface area (Å²) in [5, 5.41) is 3.06. The van der Waals surface area contributed by atoms with Gasteiger partial charge in [-0.15, -0.1) is 0 Å². The second-order valence-corrected chi connectivity index (χ2v) is 4.23. The molecular weight excluding hydrogens is 192 g/mol. The van der Waals surface area contributed by atoms with Crippen LogP contribution in [0.1, 0.15) is 26.3 Å². The highest BCUT2D eigenvalue weighted by Crippen LogP contribution is 2.21. The molecule has 1 aromatic heterocycles. The van der Waals surface area contributed by atoms with Gasteiger partial charge in [-0.1, -0.05) is 0 Å². The van der Waals surface area contributed by atoms with Gasteiger partial charge < -0.3 is 15.6 Å². The van der Waals surface area contributed by atoms with E-state index < -0.39 is 0 Å². The Morgan fingerprint density at radius 3 is 2.87 bits per heavy atom. The van der Waals surface area contributed by atoms with Crippen molar-refractivity contribution >= 4 is 5.82 Å². The van der Waals surface area contributed by atoms with E-state index in [2.05, 4.69) is 10.3 Å². The summed E-state index contributed by atoms with van der Waals surface area (Å²) in [7, 11) is 0. The Bertz CT molecular complexity index is 412. The zero-order valence-electron chi connectivity index (χ0n) is 8.97. The average molecular weight is 208 g/mol.